The zero-order valence-electron chi connectivity index (χ0n) is 16.3. The molecule has 27 heavy (non-hydrogen) atoms. The highest BCUT2D eigenvalue weighted by molar-refractivity contribution is 5.76. The minimum absolute atomic E-state index is 0.0932. The molecule has 0 spiro atoms. The molecule has 0 unspecified atom stereocenters. The van der Waals surface area contributed by atoms with Crippen molar-refractivity contribution in [3.05, 3.63) is 23.8 Å². The Balaban J connectivity index is 1.51. The Morgan fingerprint density at radius 2 is 2.04 bits per heavy atom. The lowest BCUT2D eigenvalue weighted by Crippen LogP contribution is -2.48. The Hall–Kier alpha value is -1.79. The fourth-order valence-corrected chi connectivity index (χ4v) is 4.62. The molecule has 0 bridgehead atoms. The number of amides is 1. The first-order valence-corrected chi connectivity index (χ1v) is 10.1. The van der Waals surface area contributed by atoms with Gasteiger partial charge in [-0.2, -0.15) is 0 Å². The number of nitrogens with zero attached hydrogens (tertiary/aromatic N) is 2. The predicted molar refractivity (Wildman–Crippen MR) is 103 cm³/mol. The number of anilines is 1. The van der Waals surface area contributed by atoms with E-state index in [4.69, 9.17) is 9.47 Å². The van der Waals surface area contributed by atoms with E-state index in [0.29, 0.717) is 6.42 Å². The van der Waals surface area contributed by atoms with Crippen LogP contribution in [0, 0.1) is 0 Å². The van der Waals surface area contributed by atoms with E-state index in [-0.39, 0.29) is 30.6 Å². The van der Waals surface area contributed by atoms with Gasteiger partial charge in [0, 0.05) is 44.4 Å². The summed E-state index contributed by atoms with van der Waals surface area (Å²) in [4.78, 5) is 16.7. The highest BCUT2D eigenvalue weighted by Crippen LogP contribution is 2.47. The second-order valence-corrected chi connectivity index (χ2v) is 8.17. The van der Waals surface area contributed by atoms with Gasteiger partial charge >= 0.3 is 0 Å². The summed E-state index contributed by atoms with van der Waals surface area (Å²) in [7, 11) is 4.05. The fourth-order valence-electron chi connectivity index (χ4n) is 4.62. The lowest BCUT2D eigenvalue weighted by atomic mass is 9.84. The molecule has 4 atom stereocenters. The zero-order chi connectivity index (χ0) is 19.0. The van der Waals surface area contributed by atoms with Crippen LogP contribution in [-0.4, -0.2) is 68.0 Å². The summed E-state index contributed by atoms with van der Waals surface area (Å²) in [6.07, 6.45) is 3.80. The zero-order valence-corrected chi connectivity index (χ0v) is 16.3. The molecule has 1 N–H and O–H groups in total. The largest absolute Gasteiger partial charge is 0.487 e. The first-order valence-electron chi connectivity index (χ1n) is 10.1. The van der Waals surface area contributed by atoms with Crippen molar-refractivity contribution in [2.45, 2.75) is 56.3 Å². The van der Waals surface area contributed by atoms with Crippen LogP contribution in [0.1, 0.15) is 43.6 Å². The Morgan fingerprint density at radius 1 is 1.26 bits per heavy atom. The predicted octanol–water partition coefficient (Wildman–Crippen LogP) is 2.15. The fraction of sp³-hybridized carbons (Fsp3) is 0.667. The first kappa shape index (κ1) is 18.6. The summed E-state index contributed by atoms with van der Waals surface area (Å²) in [6.45, 7) is 1.63. The average Bonchev–Trinajstić information content (AvgIpc) is 3.06. The van der Waals surface area contributed by atoms with Gasteiger partial charge in [0.1, 0.15) is 18.0 Å². The Kier molecular flexibility index (Phi) is 5.28. The molecule has 4 rings (SSSR count). The molecule has 0 radical (unpaired) electrons. The number of rotatable bonds is 4. The van der Waals surface area contributed by atoms with E-state index in [1.165, 1.54) is 12.0 Å². The van der Waals surface area contributed by atoms with Crippen LogP contribution >= 0.6 is 0 Å². The van der Waals surface area contributed by atoms with Crippen molar-refractivity contribution in [3.63, 3.8) is 0 Å². The molecule has 148 valence electrons. The number of piperidine rings is 1. The minimum atomic E-state index is -0.391. The van der Waals surface area contributed by atoms with Crippen LogP contribution in [0.25, 0.3) is 0 Å². The molecule has 3 heterocycles. The third-order valence-corrected chi connectivity index (χ3v) is 6.11. The highest BCUT2D eigenvalue weighted by atomic mass is 16.6. The van der Waals surface area contributed by atoms with Crippen LogP contribution in [0.3, 0.4) is 0 Å². The van der Waals surface area contributed by atoms with Gasteiger partial charge in [-0.05, 0) is 43.9 Å². The van der Waals surface area contributed by atoms with Gasteiger partial charge in [-0.15, -0.1) is 0 Å². The monoisotopic (exact) mass is 374 g/mol. The molecule has 1 amide bonds. The number of likely N-dealkylation sites (tertiary alicyclic amines) is 1. The van der Waals surface area contributed by atoms with Gasteiger partial charge in [-0.25, -0.2) is 0 Å². The molecule has 3 aliphatic rings. The van der Waals surface area contributed by atoms with Crippen molar-refractivity contribution in [1.29, 1.82) is 0 Å². The van der Waals surface area contributed by atoms with E-state index in [2.05, 4.69) is 11.0 Å². The minimum Gasteiger partial charge on any atom is -0.487 e. The van der Waals surface area contributed by atoms with Gasteiger partial charge < -0.3 is 24.4 Å². The number of benzene rings is 1. The Labute approximate surface area is 161 Å². The van der Waals surface area contributed by atoms with Crippen molar-refractivity contribution in [2.75, 3.05) is 38.7 Å². The van der Waals surface area contributed by atoms with Gasteiger partial charge in [-0.3, -0.25) is 4.79 Å². The summed E-state index contributed by atoms with van der Waals surface area (Å²) < 4.78 is 12.2. The number of ether oxygens (including phenoxy) is 2. The van der Waals surface area contributed by atoms with E-state index < -0.39 is 6.10 Å². The molecule has 1 aromatic carbocycles. The number of hydrogen-bond acceptors (Lipinski definition) is 5. The second-order valence-electron chi connectivity index (χ2n) is 8.17. The van der Waals surface area contributed by atoms with Crippen molar-refractivity contribution in [3.8, 4) is 5.75 Å². The number of hydrogen-bond donors (Lipinski definition) is 1. The molecule has 2 saturated heterocycles. The lowest BCUT2D eigenvalue weighted by Gasteiger charge is -2.38. The number of aliphatic hydroxyl groups is 1. The van der Waals surface area contributed by atoms with Gasteiger partial charge in [0.25, 0.3) is 0 Å². The summed E-state index contributed by atoms with van der Waals surface area (Å²) in [6, 6.07) is 6.22. The summed E-state index contributed by atoms with van der Waals surface area (Å²) in [5, 5.41) is 9.85. The maximum absolute atomic E-state index is 12.7. The van der Waals surface area contributed by atoms with Crippen LogP contribution in [0.15, 0.2) is 18.2 Å². The van der Waals surface area contributed by atoms with E-state index in [1.807, 2.05) is 31.1 Å². The Bertz CT molecular complexity index is 687. The van der Waals surface area contributed by atoms with E-state index in [0.717, 1.165) is 43.8 Å². The maximum Gasteiger partial charge on any atom is 0.225 e. The normalized spacial score (nSPS) is 29.7. The van der Waals surface area contributed by atoms with Crippen LogP contribution < -0.4 is 9.64 Å². The number of carbonyl (C=O) groups is 1. The lowest BCUT2D eigenvalue weighted by molar-refractivity contribution is -0.149. The summed E-state index contributed by atoms with van der Waals surface area (Å²) in [5.74, 6) is 1.21. The second kappa shape index (κ2) is 7.68. The van der Waals surface area contributed by atoms with Gasteiger partial charge in [0.05, 0.1) is 19.1 Å². The quantitative estimate of drug-likeness (QED) is 0.875. The molecule has 6 nitrogen and oxygen atoms in total. The first-order chi connectivity index (χ1) is 13.1. The van der Waals surface area contributed by atoms with Crippen LogP contribution in [0.5, 0.6) is 5.75 Å². The molecule has 0 aliphatic carbocycles. The maximum atomic E-state index is 12.7. The van der Waals surface area contributed by atoms with Gasteiger partial charge in [0.15, 0.2) is 0 Å². The van der Waals surface area contributed by atoms with Crippen LogP contribution in [-0.2, 0) is 9.53 Å². The molecule has 0 saturated carbocycles. The highest BCUT2D eigenvalue weighted by Gasteiger charge is 2.46. The number of fused-ring (bicyclic) bond motifs is 3. The third kappa shape index (κ3) is 3.65. The van der Waals surface area contributed by atoms with Crippen LogP contribution in [0.4, 0.5) is 5.69 Å². The number of aliphatic hydroxyl groups excluding tert-OH is 1. The molecule has 3 aliphatic heterocycles. The van der Waals surface area contributed by atoms with Gasteiger partial charge in [-0.1, -0.05) is 0 Å². The van der Waals surface area contributed by atoms with Crippen molar-refractivity contribution >= 4 is 11.6 Å². The van der Waals surface area contributed by atoms with E-state index in [9.17, 15) is 9.90 Å². The van der Waals surface area contributed by atoms with Gasteiger partial charge in [0.2, 0.25) is 5.91 Å². The molecular formula is C21H30N2O4. The topological polar surface area (TPSA) is 62.2 Å². The summed E-state index contributed by atoms with van der Waals surface area (Å²) in [5.41, 5.74) is 2.30. The standard InChI is InChI=1S/C21H30N2O4/c1-22(2)14-6-7-18-16(10-14)17-11-15(26-19(13-24)21(17)27-18)12-20(25)23-8-4-3-5-9-23/h6-7,10,15,17,19,21,24H,3-5,8-9,11-13H2,1-2H3/t15-,17+,19-,21-/m1/s1. The molecule has 2 fully saturated rings. The average molecular weight is 374 g/mol. The molecule has 1 aromatic rings. The third-order valence-electron chi connectivity index (χ3n) is 6.11. The SMILES string of the molecule is CN(C)c1ccc2c(c1)[C@@H]1C[C@H](CC(=O)N3CCCCC3)O[C@H](CO)[C@@H]1O2. The summed E-state index contributed by atoms with van der Waals surface area (Å²) >= 11 is 0. The molecule has 6 heteroatoms. The number of carbonyl (C=O) groups excluding carboxylic acids is 1. The molecular weight excluding hydrogens is 344 g/mol. The van der Waals surface area contributed by atoms with Crippen molar-refractivity contribution in [1.82, 2.24) is 4.90 Å². The molecule has 0 aromatic heterocycles. The van der Waals surface area contributed by atoms with Crippen molar-refractivity contribution < 1.29 is 19.4 Å². The van der Waals surface area contributed by atoms with Crippen molar-refractivity contribution in [2.24, 2.45) is 0 Å². The van der Waals surface area contributed by atoms with Crippen LogP contribution in [0.2, 0.25) is 0 Å². The van der Waals surface area contributed by atoms with E-state index in [1.54, 1.807) is 0 Å². The van der Waals surface area contributed by atoms with E-state index >= 15 is 0 Å². The smallest absolute Gasteiger partial charge is 0.225 e. The Morgan fingerprint density at radius 3 is 2.74 bits per heavy atom.